The molecule has 2 bridgehead atoms. The molecule has 2 fully saturated rings. The largest absolute Gasteiger partial charge is 0.347 e. The van der Waals surface area contributed by atoms with Crippen LogP contribution >= 0.6 is 0 Å². The van der Waals surface area contributed by atoms with Crippen LogP contribution in [0.2, 0.25) is 0 Å². The van der Waals surface area contributed by atoms with Gasteiger partial charge in [-0.15, -0.1) is 0 Å². The standard InChI is InChI=1S/C18H16N2O/c1-3-7-13(8-4-1)17(14-9-5-2-6-10-14)18(21-17)15-11-12-16(18)20-19-15/h1-10,15-16H,11-12H2/t15-,16+,18?. The van der Waals surface area contributed by atoms with Gasteiger partial charge in [-0.3, -0.25) is 0 Å². The Balaban J connectivity index is 1.72. The van der Waals surface area contributed by atoms with E-state index in [0.717, 1.165) is 12.8 Å². The van der Waals surface area contributed by atoms with Gasteiger partial charge in [0.2, 0.25) is 0 Å². The molecule has 2 aliphatic heterocycles. The highest BCUT2D eigenvalue weighted by Crippen LogP contribution is 2.69. The Labute approximate surface area is 123 Å². The molecule has 0 amide bonds. The second-order valence-corrected chi connectivity index (χ2v) is 6.15. The number of benzene rings is 2. The molecule has 104 valence electrons. The van der Waals surface area contributed by atoms with Crippen LogP contribution in [0.3, 0.4) is 0 Å². The van der Waals surface area contributed by atoms with Gasteiger partial charge in [-0.05, 0) is 24.0 Å². The van der Waals surface area contributed by atoms with Gasteiger partial charge in [0, 0.05) is 0 Å². The molecule has 1 saturated heterocycles. The maximum absolute atomic E-state index is 6.52. The zero-order valence-electron chi connectivity index (χ0n) is 11.6. The lowest BCUT2D eigenvalue weighted by Crippen LogP contribution is -2.35. The molecule has 2 aromatic carbocycles. The minimum Gasteiger partial charge on any atom is -0.347 e. The number of rotatable bonds is 2. The zero-order chi connectivity index (χ0) is 13.9. The van der Waals surface area contributed by atoms with Crippen molar-refractivity contribution in [2.75, 3.05) is 0 Å². The fourth-order valence-corrected chi connectivity index (χ4v) is 4.33. The molecule has 5 rings (SSSR count). The van der Waals surface area contributed by atoms with Crippen LogP contribution in [-0.4, -0.2) is 17.7 Å². The van der Waals surface area contributed by atoms with Gasteiger partial charge in [0.15, 0.2) is 11.2 Å². The average molecular weight is 276 g/mol. The highest BCUT2D eigenvalue weighted by atomic mass is 16.6. The van der Waals surface area contributed by atoms with E-state index >= 15 is 0 Å². The van der Waals surface area contributed by atoms with Crippen molar-refractivity contribution in [1.29, 1.82) is 0 Å². The van der Waals surface area contributed by atoms with Crippen molar-refractivity contribution in [3.63, 3.8) is 0 Å². The highest BCUT2D eigenvalue weighted by molar-refractivity contribution is 5.51. The van der Waals surface area contributed by atoms with E-state index in [4.69, 9.17) is 4.74 Å². The predicted molar refractivity (Wildman–Crippen MR) is 79.1 cm³/mol. The van der Waals surface area contributed by atoms with Gasteiger partial charge in [0.25, 0.3) is 0 Å². The Bertz CT molecular complexity index is 657. The van der Waals surface area contributed by atoms with Gasteiger partial charge >= 0.3 is 0 Å². The van der Waals surface area contributed by atoms with Crippen molar-refractivity contribution in [3.8, 4) is 0 Å². The molecule has 2 aromatic rings. The lowest BCUT2D eigenvalue weighted by atomic mass is 9.77. The Kier molecular flexibility index (Phi) is 2.11. The summed E-state index contributed by atoms with van der Waals surface area (Å²) in [7, 11) is 0. The summed E-state index contributed by atoms with van der Waals surface area (Å²) in [4.78, 5) is 0. The highest BCUT2D eigenvalue weighted by Gasteiger charge is 2.82. The molecule has 21 heavy (non-hydrogen) atoms. The van der Waals surface area contributed by atoms with Crippen molar-refractivity contribution in [2.24, 2.45) is 10.2 Å². The number of azo groups is 1. The summed E-state index contributed by atoms with van der Waals surface area (Å²) >= 11 is 0. The Morgan fingerprint density at radius 2 is 1.24 bits per heavy atom. The molecule has 0 N–H and O–H groups in total. The van der Waals surface area contributed by atoms with Crippen LogP contribution < -0.4 is 0 Å². The monoisotopic (exact) mass is 276 g/mol. The summed E-state index contributed by atoms with van der Waals surface area (Å²) in [5.74, 6) is 0. The minimum absolute atomic E-state index is 0.211. The second kappa shape index (κ2) is 3.80. The molecule has 2 heterocycles. The number of hydrogen-bond acceptors (Lipinski definition) is 3. The molecule has 3 nitrogen and oxygen atoms in total. The lowest BCUT2D eigenvalue weighted by Gasteiger charge is -2.19. The van der Waals surface area contributed by atoms with Gasteiger partial charge < -0.3 is 4.74 Å². The summed E-state index contributed by atoms with van der Waals surface area (Å²) in [6, 6.07) is 21.5. The van der Waals surface area contributed by atoms with E-state index in [2.05, 4.69) is 70.9 Å². The van der Waals surface area contributed by atoms with Gasteiger partial charge in [-0.25, -0.2) is 0 Å². The number of epoxide rings is 1. The molecule has 3 atom stereocenters. The molecule has 3 heteroatoms. The normalized spacial score (nSPS) is 34.5. The fourth-order valence-electron chi connectivity index (χ4n) is 4.33. The first kappa shape index (κ1) is 11.6. The molecule has 1 saturated carbocycles. The van der Waals surface area contributed by atoms with Gasteiger partial charge in [0.1, 0.15) is 12.1 Å². The molecule has 0 aromatic heterocycles. The molecule has 1 unspecified atom stereocenters. The smallest absolute Gasteiger partial charge is 0.155 e. The lowest BCUT2D eigenvalue weighted by molar-refractivity contribution is 0.267. The van der Waals surface area contributed by atoms with E-state index in [1.54, 1.807) is 0 Å². The summed E-state index contributed by atoms with van der Waals surface area (Å²) in [6.07, 6.45) is 2.19. The van der Waals surface area contributed by atoms with Crippen LogP contribution in [-0.2, 0) is 10.3 Å². The number of hydrogen-bond donors (Lipinski definition) is 0. The maximum atomic E-state index is 6.52. The van der Waals surface area contributed by atoms with Crippen molar-refractivity contribution in [2.45, 2.75) is 36.1 Å². The van der Waals surface area contributed by atoms with Crippen molar-refractivity contribution < 1.29 is 4.74 Å². The summed E-state index contributed by atoms with van der Waals surface area (Å²) < 4.78 is 6.52. The van der Waals surface area contributed by atoms with E-state index in [9.17, 15) is 0 Å². The number of nitrogens with zero attached hydrogens (tertiary/aromatic N) is 2. The maximum Gasteiger partial charge on any atom is 0.155 e. The van der Waals surface area contributed by atoms with Crippen LogP contribution in [0.15, 0.2) is 70.9 Å². The van der Waals surface area contributed by atoms with Gasteiger partial charge in [-0.2, -0.15) is 10.2 Å². The summed E-state index contributed by atoms with van der Waals surface area (Å²) in [5, 5.41) is 8.93. The topological polar surface area (TPSA) is 37.2 Å². The minimum atomic E-state index is -0.370. The second-order valence-electron chi connectivity index (χ2n) is 6.15. The Morgan fingerprint density at radius 3 is 1.67 bits per heavy atom. The van der Waals surface area contributed by atoms with E-state index in [-0.39, 0.29) is 23.3 Å². The number of ether oxygens (including phenoxy) is 1. The third-order valence-electron chi connectivity index (χ3n) is 5.24. The van der Waals surface area contributed by atoms with Gasteiger partial charge in [0.05, 0.1) is 0 Å². The summed E-state index contributed by atoms with van der Waals surface area (Å²) in [5.41, 5.74) is 1.83. The Hall–Kier alpha value is -2.00. The van der Waals surface area contributed by atoms with E-state index < -0.39 is 0 Å². The molecule has 1 aliphatic carbocycles. The van der Waals surface area contributed by atoms with Gasteiger partial charge in [-0.1, -0.05) is 60.7 Å². The van der Waals surface area contributed by atoms with Crippen molar-refractivity contribution in [1.82, 2.24) is 0 Å². The molecular weight excluding hydrogens is 260 g/mol. The molecule has 3 aliphatic rings. The van der Waals surface area contributed by atoms with Crippen molar-refractivity contribution in [3.05, 3.63) is 71.8 Å². The SMILES string of the molecule is c1ccc(C2(c3ccccc3)OC23[C@@H]2CC[C@H]3N=N2)cc1. The van der Waals surface area contributed by atoms with Crippen molar-refractivity contribution >= 4 is 0 Å². The van der Waals surface area contributed by atoms with E-state index in [1.165, 1.54) is 11.1 Å². The molecular formula is C18H16N2O. The molecule has 0 radical (unpaired) electrons. The predicted octanol–water partition coefficient (Wildman–Crippen LogP) is 3.70. The van der Waals surface area contributed by atoms with E-state index in [0.29, 0.717) is 0 Å². The van der Waals surface area contributed by atoms with Crippen LogP contribution in [0.5, 0.6) is 0 Å². The van der Waals surface area contributed by atoms with Crippen LogP contribution in [0, 0.1) is 0 Å². The Morgan fingerprint density at radius 1 is 0.762 bits per heavy atom. The first-order valence-corrected chi connectivity index (χ1v) is 7.59. The third kappa shape index (κ3) is 1.24. The first-order chi connectivity index (χ1) is 10.4. The summed E-state index contributed by atoms with van der Waals surface area (Å²) in [6.45, 7) is 0. The quantitative estimate of drug-likeness (QED) is 0.771. The van der Waals surface area contributed by atoms with Crippen LogP contribution in [0.4, 0.5) is 0 Å². The third-order valence-corrected chi connectivity index (χ3v) is 5.24. The zero-order valence-corrected chi connectivity index (χ0v) is 11.6. The molecule has 1 spiro atoms. The van der Waals surface area contributed by atoms with Crippen LogP contribution in [0.25, 0.3) is 0 Å². The average Bonchev–Trinajstić information content (AvgIpc) is 3.04. The fraction of sp³-hybridized carbons (Fsp3) is 0.333. The van der Waals surface area contributed by atoms with E-state index in [1.807, 2.05) is 0 Å². The first-order valence-electron chi connectivity index (χ1n) is 7.59. The van der Waals surface area contributed by atoms with Crippen LogP contribution in [0.1, 0.15) is 24.0 Å².